The maximum absolute atomic E-state index is 13.1. The monoisotopic (exact) mass is 393 g/mol. The van der Waals surface area contributed by atoms with E-state index in [2.05, 4.69) is 23.7 Å². The number of rotatable bonds is 4. The molecule has 0 bridgehead atoms. The van der Waals surface area contributed by atoms with Gasteiger partial charge in [0.2, 0.25) is 0 Å². The lowest BCUT2D eigenvalue weighted by Gasteiger charge is -2.14. The Labute approximate surface area is 160 Å². The molecule has 0 amide bonds. The molecule has 0 aliphatic heterocycles. The van der Waals surface area contributed by atoms with E-state index in [0.29, 0.717) is 22.5 Å². The van der Waals surface area contributed by atoms with Crippen molar-refractivity contribution in [3.8, 4) is 17.1 Å². The number of nitrogens with zero attached hydrogens (tertiary/aromatic N) is 3. The molecule has 0 saturated heterocycles. The average molecular weight is 393 g/mol. The highest BCUT2D eigenvalue weighted by Crippen LogP contribution is 2.30. The molecule has 0 aliphatic rings. The smallest absolute Gasteiger partial charge is 0.406 e. The van der Waals surface area contributed by atoms with Crippen molar-refractivity contribution in [3.63, 3.8) is 0 Å². The first-order chi connectivity index (χ1) is 13.0. The molecule has 0 spiro atoms. The molecular formula is C20H22F3N3O2. The summed E-state index contributed by atoms with van der Waals surface area (Å²) in [7, 11) is 1.62. The molecule has 0 saturated carbocycles. The maximum Gasteiger partial charge on any atom is 0.573 e. The molecule has 0 N–H and O–H groups in total. The van der Waals surface area contributed by atoms with E-state index in [-0.39, 0.29) is 17.2 Å². The van der Waals surface area contributed by atoms with E-state index in [1.54, 1.807) is 18.5 Å². The molecule has 28 heavy (non-hydrogen) atoms. The normalized spacial score (nSPS) is 13.1. The molecule has 5 nitrogen and oxygen atoms in total. The Morgan fingerprint density at radius 2 is 1.89 bits per heavy atom. The van der Waals surface area contributed by atoms with E-state index >= 15 is 0 Å². The van der Waals surface area contributed by atoms with Crippen molar-refractivity contribution in [2.45, 2.75) is 46.4 Å². The summed E-state index contributed by atoms with van der Waals surface area (Å²) >= 11 is 0. The predicted octanol–water partition coefficient (Wildman–Crippen LogP) is 4.73. The van der Waals surface area contributed by atoms with Crippen LogP contribution in [0.4, 0.5) is 13.2 Å². The third-order valence-electron chi connectivity index (χ3n) is 5.02. The summed E-state index contributed by atoms with van der Waals surface area (Å²) in [4.78, 5) is 13.1. The number of alkyl halides is 3. The number of aryl methyl sites for hydroxylation is 2. The van der Waals surface area contributed by atoms with Crippen LogP contribution in [0.15, 0.2) is 29.1 Å². The maximum atomic E-state index is 13.1. The van der Waals surface area contributed by atoms with Crippen LogP contribution in [0.5, 0.6) is 5.75 Å². The van der Waals surface area contributed by atoms with Crippen LogP contribution < -0.4 is 10.3 Å². The zero-order valence-corrected chi connectivity index (χ0v) is 16.4. The van der Waals surface area contributed by atoms with E-state index in [1.807, 2.05) is 13.0 Å². The van der Waals surface area contributed by atoms with Crippen LogP contribution in [-0.2, 0) is 7.05 Å². The van der Waals surface area contributed by atoms with Crippen LogP contribution in [-0.4, -0.2) is 20.5 Å². The number of hydrogen-bond donors (Lipinski definition) is 0. The van der Waals surface area contributed by atoms with Crippen molar-refractivity contribution in [1.82, 2.24) is 14.2 Å². The Hall–Kier alpha value is -2.77. The molecular weight excluding hydrogens is 371 g/mol. The van der Waals surface area contributed by atoms with E-state index < -0.39 is 6.36 Å². The van der Waals surface area contributed by atoms with Crippen LogP contribution in [0.25, 0.3) is 16.9 Å². The molecule has 0 fully saturated rings. The second-order valence-electron chi connectivity index (χ2n) is 7.02. The molecule has 3 aromatic rings. The molecule has 3 rings (SSSR count). The first-order valence-electron chi connectivity index (χ1n) is 8.99. The Bertz CT molecular complexity index is 1100. The van der Waals surface area contributed by atoms with Gasteiger partial charge in [-0.1, -0.05) is 13.8 Å². The second-order valence-corrected chi connectivity index (χ2v) is 7.02. The molecule has 0 aliphatic carbocycles. The van der Waals surface area contributed by atoms with Crippen LogP contribution in [0.1, 0.15) is 43.0 Å². The van der Waals surface area contributed by atoms with Crippen molar-refractivity contribution in [2.24, 2.45) is 7.05 Å². The highest BCUT2D eigenvalue weighted by molar-refractivity contribution is 5.64. The number of fused-ring (bicyclic) bond motifs is 1. The number of aromatic nitrogens is 3. The first-order valence-corrected chi connectivity index (χ1v) is 8.99. The molecule has 1 atom stereocenters. The lowest BCUT2D eigenvalue weighted by atomic mass is 10.00. The van der Waals surface area contributed by atoms with Gasteiger partial charge in [-0.15, -0.1) is 18.3 Å². The summed E-state index contributed by atoms with van der Waals surface area (Å²) in [5, 5.41) is 4.62. The zero-order valence-electron chi connectivity index (χ0n) is 16.4. The number of benzene rings is 1. The van der Waals surface area contributed by atoms with Gasteiger partial charge in [0.1, 0.15) is 11.3 Å². The van der Waals surface area contributed by atoms with Gasteiger partial charge in [0.15, 0.2) is 5.82 Å². The first kappa shape index (κ1) is 20.0. The van der Waals surface area contributed by atoms with Crippen molar-refractivity contribution in [3.05, 3.63) is 51.4 Å². The van der Waals surface area contributed by atoms with Crippen LogP contribution in [0.3, 0.4) is 0 Å². The lowest BCUT2D eigenvalue weighted by molar-refractivity contribution is -0.274. The van der Waals surface area contributed by atoms with Crippen LogP contribution >= 0.6 is 0 Å². The summed E-state index contributed by atoms with van der Waals surface area (Å²) in [6.45, 7) is 7.65. The standard InChI is InChI=1S/C20H22F3N3O2/c1-6-11(2)16-10-13(4)26-17(16)19(27)25(5)18(24-26)15-8-7-14(9-12(15)3)28-20(21,22)23/h7-11H,6H2,1-5H3. The molecule has 0 radical (unpaired) electrons. The fraction of sp³-hybridized carbons (Fsp3) is 0.400. The van der Waals surface area contributed by atoms with Gasteiger partial charge in [-0.2, -0.15) is 0 Å². The Morgan fingerprint density at radius 1 is 1.21 bits per heavy atom. The van der Waals surface area contributed by atoms with Crippen molar-refractivity contribution >= 4 is 5.52 Å². The van der Waals surface area contributed by atoms with Gasteiger partial charge in [-0.25, -0.2) is 4.52 Å². The van der Waals surface area contributed by atoms with E-state index in [1.165, 1.54) is 22.8 Å². The van der Waals surface area contributed by atoms with Crippen LogP contribution in [0, 0.1) is 13.8 Å². The largest absolute Gasteiger partial charge is 0.573 e. The summed E-state index contributed by atoms with van der Waals surface area (Å²) in [6.07, 6.45) is -3.86. The van der Waals surface area contributed by atoms with E-state index in [4.69, 9.17) is 0 Å². The fourth-order valence-corrected chi connectivity index (χ4v) is 3.33. The highest BCUT2D eigenvalue weighted by Gasteiger charge is 2.31. The summed E-state index contributed by atoms with van der Waals surface area (Å²) in [6, 6.07) is 5.96. The number of ether oxygens (including phenoxy) is 1. The molecule has 2 heterocycles. The predicted molar refractivity (Wildman–Crippen MR) is 101 cm³/mol. The topological polar surface area (TPSA) is 48.5 Å². The van der Waals surface area contributed by atoms with Crippen LogP contribution in [0.2, 0.25) is 0 Å². The lowest BCUT2D eigenvalue weighted by Crippen LogP contribution is -2.24. The quantitative estimate of drug-likeness (QED) is 0.644. The average Bonchev–Trinajstić information content (AvgIpc) is 2.93. The van der Waals surface area contributed by atoms with Gasteiger partial charge in [0, 0.05) is 18.3 Å². The molecule has 150 valence electrons. The van der Waals surface area contributed by atoms with Crippen molar-refractivity contribution in [1.29, 1.82) is 0 Å². The minimum atomic E-state index is -4.76. The molecule has 1 aromatic carbocycles. The van der Waals surface area contributed by atoms with E-state index in [9.17, 15) is 18.0 Å². The third kappa shape index (κ3) is 3.50. The summed E-state index contributed by atoms with van der Waals surface area (Å²) in [5.74, 6) is 0.281. The fourth-order valence-electron chi connectivity index (χ4n) is 3.33. The Morgan fingerprint density at radius 3 is 2.46 bits per heavy atom. The SMILES string of the molecule is CCC(C)c1cc(C)n2nc(-c3ccc(OC(F)(F)F)cc3C)n(C)c(=O)c12. The van der Waals surface area contributed by atoms with Gasteiger partial charge in [0.05, 0.1) is 0 Å². The number of halogens is 3. The van der Waals surface area contributed by atoms with Gasteiger partial charge >= 0.3 is 6.36 Å². The minimum absolute atomic E-state index is 0.191. The molecule has 1 unspecified atom stereocenters. The summed E-state index contributed by atoms with van der Waals surface area (Å²) in [5.41, 5.74) is 3.21. The van der Waals surface area contributed by atoms with Crippen molar-refractivity contribution < 1.29 is 17.9 Å². The van der Waals surface area contributed by atoms with Gasteiger partial charge in [-0.05, 0) is 61.6 Å². The van der Waals surface area contributed by atoms with Gasteiger partial charge in [0.25, 0.3) is 5.56 Å². The molecule has 8 heteroatoms. The summed E-state index contributed by atoms with van der Waals surface area (Å²) < 4.78 is 44.4. The van der Waals surface area contributed by atoms with Gasteiger partial charge in [-0.3, -0.25) is 9.36 Å². The molecule has 2 aromatic heterocycles. The minimum Gasteiger partial charge on any atom is -0.406 e. The third-order valence-corrected chi connectivity index (χ3v) is 5.02. The highest BCUT2D eigenvalue weighted by atomic mass is 19.4. The van der Waals surface area contributed by atoms with Gasteiger partial charge < -0.3 is 4.74 Å². The van der Waals surface area contributed by atoms with E-state index in [0.717, 1.165) is 17.7 Å². The second kappa shape index (κ2) is 7.00. The number of hydrogen-bond acceptors (Lipinski definition) is 3. The Balaban J connectivity index is 2.19. The Kier molecular flexibility index (Phi) is 4.99. The van der Waals surface area contributed by atoms with Crippen molar-refractivity contribution in [2.75, 3.05) is 0 Å². The zero-order chi connectivity index (χ0) is 20.8.